The summed E-state index contributed by atoms with van der Waals surface area (Å²) < 4.78 is 29.4. The number of aliphatic hydroxyl groups is 1. The van der Waals surface area contributed by atoms with Gasteiger partial charge in [0, 0.05) is 12.5 Å². The average Bonchev–Trinajstić information content (AvgIpc) is 2.83. The van der Waals surface area contributed by atoms with E-state index in [0.717, 1.165) is 6.07 Å². The van der Waals surface area contributed by atoms with Gasteiger partial charge in [0.1, 0.15) is 11.4 Å². The fraction of sp³-hybridized carbons (Fsp3) is 0.500. The van der Waals surface area contributed by atoms with Crippen LogP contribution in [0.15, 0.2) is 18.2 Å². The number of rotatable bonds is 2. The molecule has 1 aliphatic heterocycles. The second-order valence-corrected chi connectivity index (χ2v) is 6.58. The SMILES string of the molecule is CC(C)(O)c1nnc2n1C[C@H](c1cccc(F)c1F)CC[C@H]2N. The van der Waals surface area contributed by atoms with Crippen LogP contribution in [-0.4, -0.2) is 19.9 Å². The second-order valence-electron chi connectivity index (χ2n) is 6.58. The number of fused-ring (bicyclic) bond motifs is 1. The van der Waals surface area contributed by atoms with Crippen molar-refractivity contribution in [2.75, 3.05) is 0 Å². The average molecular weight is 322 g/mol. The van der Waals surface area contributed by atoms with E-state index < -0.39 is 17.2 Å². The molecular formula is C16H20F2N4O. The van der Waals surface area contributed by atoms with Gasteiger partial charge in [-0.05, 0) is 38.3 Å². The quantitative estimate of drug-likeness (QED) is 0.890. The maximum absolute atomic E-state index is 14.2. The first kappa shape index (κ1) is 16.0. The van der Waals surface area contributed by atoms with Gasteiger partial charge in [0.25, 0.3) is 0 Å². The molecule has 5 nitrogen and oxygen atoms in total. The monoisotopic (exact) mass is 322 g/mol. The van der Waals surface area contributed by atoms with Gasteiger partial charge in [-0.2, -0.15) is 0 Å². The van der Waals surface area contributed by atoms with E-state index in [4.69, 9.17) is 5.73 Å². The van der Waals surface area contributed by atoms with Gasteiger partial charge in [-0.15, -0.1) is 10.2 Å². The molecule has 124 valence electrons. The number of hydrogen-bond donors (Lipinski definition) is 2. The zero-order valence-electron chi connectivity index (χ0n) is 13.1. The van der Waals surface area contributed by atoms with E-state index in [1.807, 2.05) is 0 Å². The minimum atomic E-state index is -1.19. The summed E-state index contributed by atoms with van der Waals surface area (Å²) in [6, 6.07) is 3.85. The van der Waals surface area contributed by atoms with E-state index in [9.17, 15) is 13.9 Å². The number of hydrogen-bond acceptors (Lipinski definition) is 4. The first-order valence-corrected chi connectivity index (χ1v) is 7.64. The van der Waals surface area contributed by atoms with Crippen LogP contribution in [0.2, 0.25) is 0 Å². The summed E-state index contributed by atoms with van der Waals surface area (Å²) in [4.78, 5) is 0. The zero-order valence-corrected chi connectivity index (χ0v) is 13.1. The third kappa shape index (κ3) is 2.86. The smallest absolute Gasteiger partial charge is 0.164 e. The topological polar surface area (TPSA) is 77.0 Å². The first-order chi connectivity index (χ1) is 10.8. The van der Waals surface area contributed by atoms with Crippen LogP contribution >= 0.6 is 0 Å². The highest BCUT2D eigenvalue weighted by molar-refractivity contribution is 5.24. The Kier molecular flexibility index (Phi) is 3.93. The van der Waals surface area contributed by atoms with Crippen LogP contribution in [0.5, 0.6) is 0 Å². The molecule has 0 saturated heterocycles. The molecule has 1 aromatic heterocycles. The maximum Gasteiger partial charge on any atom is 0.164 e. The van der Waals surface area contributed by atoms with Gasteiger partial charge >= 0.3 is 0 Å². The Balaban J connectivity index is 2.05. The van der Waals surface area contributed by atoms with Gasteiger partial charge in [0.15, 0.2) is 17.5 Å². The summed E-state index contributed by atoms with van der Waals surface area (Å²) in [5.41, 5.74) is 5.26. The number of benzene rings is 1. The molecule has 0 amide bonds. The first-order valence-electron chi connectivity index (χ1n) is 7.64. The fourth-order valence-corrected chi connectivity index (χ4v) is 3.13. The third-order valence-corrected chi connectivity index (χ3v) is 4.31. The normalized spacial score (nSPS) is 21.8. The Bertz CT molecular complexity index is 723. The molecule has 0 unspecified atom stereocenters. The summed E-state index contributed by atoms with van der Waals surface area (Å²) in [7, 11) is 0. The van der Waals surface area contributed by atoms with Crippen LogP contribution < -0.4 is 5.73 Å². The van der Waals surface area contributed by atoms with Crippen LogP contribution in [0.1, 0.15) is 55.9 Å². The number of nitrogens with two attached hydrogens (primary N) is 1. The maximum atomic E-state index is 14.2. The number of aromatic nitrogens is 3. The van der Waals surface area contributed by atoms with Gasteiger partial charge < -0.3 is 15.4 Å². The molecule has 0 aliphatic carbocycles. The summed E-state index contributed by atoms with van der Waals surface area (Å²) in [5.74, 6) is -0.988. The zero-order chi connectivity index (χ0) is 16.8. The summed E-state index contributed by atoms with van der Waals surface area (Å²) in [6.45, 7) is 3.58. The molecular weight excluding hydrogens is 302 g/mol. The minimum absolute atomic E-state index is 0.255. The summed E-state index contributed by atoms with van der Waals surface area (Å²) in [5, 5.41) is 18.4. The van der Waals surface area contributed by atoms with Crippen molar-refractivity contribution in [1.29, 1.82) is 0 Å². The predicted octanol–water partition coefficient (Wildman–Crippen LogP) is 2.36. The van der Waals surface area contributed by atoms with Gasteiger partial charge in [0.2, 0.25) is 0 Å². The van der Waals surface area contributed by atoms with E-state index >= 15 is 0 Å². The van der Waals surface area contributed by atoms with Crippen LogP contribution in [-0.2, 0) is 12.1 Å². The lowest BCUT2D eigenvalue weighted by Crippen LogP contribution is -2.25. The Hall–Kier alpha value is -1.86. The van der Waals surface area contributed by atoms with Gasteiger partial charge in [-0.3, -0.25) is 0 Å². The standard InChI is InChI=1S/C16H20F2N4O/c1-16(2,23)15-21-20-14-12(19)7-6-9(8-22(14)15)10-4-3-5-11(17)13(10)18/h3-5,9,12,23H,6-8,19H2,1-2H3/t9-,12-/m1/s1. The number of halogens is 2. The van der Waals surface area contributed by atoms with Crippen LogP contribution in [0.25, 0.3) is 0 Å². The van der Waals surface area contributed by atoms with Crippen LogP contribution in [0, 0.1) is 11.6 Å². The molecule has 0 radical (unpaired) electrons. The molecule has 1 aliphatic rings. The number of nitrogens with zero attached hydrogens (tertiary/aromatic N) is 3. The molecule has 2 atom stereocenters. The molecule has 3 rings (SSSR count). The van der Waals surface area contributed by atoms with Crippen molar-refractivity contribution in [3.8, 4) is 0 Å². The molecule has 2 aromatic rings. The van der Waals surface area contributed by atoms with Crippen molar-refractivity contribution in [2.45, 2.75) is 50.8 Å². The molecule has 2 heterocycles. The van der Waals surface area contributed by atoms with Crippen molar-refractivity contribution >= 4 is 0 Å². The lowest BCUT2D eigenvalue weighted by molar-refractivity contribution is 0.0637. The lowest BCUT2D eigenvalue weighted by atomic mass is 9.93. The van der Waals surface area contributed by atoms with Gasteiger partial charge in [-0.25, -0.2) is 8.78 Å². The Morgan fingerprint density at radius 2 is 2.00 bits per heavy atom. The van der Waals surface area contributed by atoms with E-state index in [2.05, 4.69) is 10.2 Å². The van der Waals surface area contributed by atoms with Crippen LogP contribution in [0.3, 0.4) is 0 Å². The van der Waals surface area contributed by atoms with Crippen molar-refractivity contribution in [3.63, 3.8) is 0 Å². The van der Waals surface area contributed by atoms with Crippen molar-refractivity contribution in [3.05, 3.63) is 47.0 Å². The molecule has 0 bridgehead atoms. The fourth-order valence-electron chi connectivity index (χ4n) is 3.13. The van der Waals surface area contributed by atoms with E-state index in [-0.39, 0.29) is 12.0 Å². The van der Waals surface area contributed by atoms with Crippen molar-refractivity contribution in [1.82, 2.24) is 14.8 Å². The Labute approximate surface area is 133 Å². The van der Waals surface area contributed by atoms with E-state index in [1.165, 1.54) is 6.07 Å². The van der Waals surface area contributed by atoms with Crippen LogP contribution in [0.4, 0.5) is 8.78 Å². The summed E-state index contributed by atoms with van der Waals surface area (Å²) >= 11 is 0. The molecule has 0 fully saturated rings. The minimum Gasteiger partial charge on any atom is -0.382 e. The predicted molar refractivity (Wildman–Crippen MR) is 80.5 cm³/mol. The molecule has 23 heavy (non-hydrogen) atoms. The van der Waals surface area contributed by atoms with Crippen molar-refractivity contribution < 1.29 is 13.9 Å². The molecule has 7 heteroatoms. The summed E-state index contributed by atoms with van der Waals surface area (Å²) in [6.07, 6.45) is 1.20. The molecule has 1 aromatic carbocycles. The molecule has 0 spiro atoms. The van der Waals surface area contributed by atoms with E-state index in [0.29, 0.717) is 36.6 Å². The second kappa shape index (κ2) is 5.65. The van der Waals surface area contributed by atoms with Crippen molar-refractivity contribution in [2.24, 2.45) is 5.73 Å². The highest BCUT2D eigenvalue weighted by Crippen LogP contribution is 2.35. The largest absolute Gasteiger partial charge is 0.382 e. The molecule has 3 N–H and O–H groups in total. The highest BCUT2D eigenvalue weighted by Gasteiger charge is 2.32. The Morgan fingerprint density at radius 3 is 2.70 bits per heavy atom. The third-order valence-electron chi connectivity index (χ3n) is 4.31. The van der Waals surface area contributed by atoms with Gasteiger partial charge in [0.05, 0.1) is 6.04 Å². The molecule has 0 saturated carbocycles. The van der Waals surface area contributed by atoms with Gasteiger partial charge in [-0.1, -0.05) is 12.1 Å². The lowest BCUT2D eigenvalue weighted by Gasteiger charge is -2.22. The van der Waals surface area contributed by atoms with E-state index in [1.54, 1.807) is 24.5 Å². The Morgan fingerprint density at radius 1 is 1.26 bits per heavy atom. The highest BCUT2D eigenvalue weighted by atomic mass is 19.2.